The van der Waals surface area contributed by atoms with Crippen molar-refractivity contribution in [3.05, 3.63) is 89.7 Å². The second kappa shape index (κ2) is 8.75. The number of nitrogens with one attached hydrogen (secondary N) is 2. The monoisotopic (exact) mass is 418 g/mol. The number of amides is 1. The van der Waals surface area contributed by atoms with Crippen molar-refractivity contribution in [2.45, 2.75) is 13.3 Å². The van der Waals surface area contributed by atoms with E-state index in [4.69, 9.17) is 11.6 Å². The maximum absolute atomic E-state index is 12.3. The van der Waals surface area contributed by atoms with Crippen molar-refractivity contribution in [3.63, 3.8) is 0 Å². The van der Waals surface area contributed by atoms with E-state index in [1.54, 1.807) is 18.6 Å². The minimum atomic E-state index is -0.125. The lowest BCUT2D eigenvalue weighted by Crippen LogP contribution is -2.14. The molecular weight excluding hydrogens is 400 g/mol. The SMILES string of the molecule is Cc1nc(Nc2ccc(NC(=O)Cc3ccccc3Cl)cc2)cc(-n2ccnc2)n1. The first-order chi connectivity index (χ1) is 14.6. The van der Waals surface area contributed by atoms with Gasteiger partial charge in [-0.1, -0.05) is 29.8 Å². The summed E-state index contributed by atoms with van der Waals surface area (Å²) in [6.45, 7) is 1.84. The summed E-state index contributed by atoms with van der Waals surface area (Å²) in [7, 11) is 0. The Balaban J connectivity index is 1.42. The fourth-order valence-electron chi connectivity index (χ4n) is 2.95. The van der Waals surface area contributed by atoms with E-state index < -0.39 is 0 Å². The summed E-state index contributed by atoms with van der Waals surface area (Å²) in [5, 5.41) is 6.73. The number of halogens is 1. The molecular formula is C22H19ClN6O. The zero-order valence-electron chi connectivity index (χ0n) is 16.2. The van der Waals surface area contributed by atoms with Gasteiger partial charge in [-0.2, -0.15) is 0 Å². The van der Waals surface area contributed by atoms with Crippen molar-refractivity contribution >= 4 is 34.7 Å². The molecule has 0 aliphatic heterocycles. The average Bonchev–Trinajstić information content (AvgIpc) is 3.26. The zero-order valence-corrected chi connectivity index (χ0v) is 17.0. The van der Waals surface area contributed by atoms with Gasteiger partial charge in [0.25, 0.3) is 0 Å². The number of rotatable bonds is 6. The maximum Gasteiger partial charge on any atom is 0.228 e. The van der Waals surface area contributed by atoms with Gasteiger partial charge < -0.3 is 10.6 Å². The van der Waals surface area contributed by atoms with Gasteiger partial charge in [-0.05, 0) is 42.8 Å². The van der Waals surface area contributed by atoms with E-state index in [2.05, 4.69) is 25.6 Å². The molecule has 2 aromatic carbocycles. The van der Waals surface area contributed by atoms with Crippen LogP contribution in [0, 0.1) is 6.92 Å². The average molecular weight is 419 g/mol. The van der Waals surface area contributed by atoms with Gasteiger partial charge in [-0.15, -0.1) is 0 Å². The Morgan fingerprint density at radius 2 is 1.83 bits per heavy atom. The van der Waals surface area contributed by atoms with Gasteiger partial charge in [-0.3, -0.25) is 9.36 Å². The van der Waals surface area contributed by atoms with Crippen LogP contribution in [-0.4, -0.2) is 25.4 Å². The Morgan fingerprint density at radius 1 is 1.07 bits per heavy atom. The quantitative estimate of drug-likeness (QED) is 0.480. The summed E-state index contributed by atoms with van der Waals surface area (Å²) < 4.78 is 1.82. The number of benzene rings is 2. The maximum atomic E-state index is 12.3. The van der Waals surface area contributed by atoms with E-state index in [9.17, 15) is 4.79 Å². The molecule has 0 fully saturated rings. The van der Waals surface area contributed by atoms with Crippen LogP contribution >= 0.6 is 11.6 Å². The van der Waals surface area contributed by atoms with Crippen molar-refractivity contribution in [3.8, 4) is 5.82 Å². The molecule has 2 N–H and O–H groups in total. The molecule has 0 unspecified atom stereocenters. The Labute approximate surface area is 178 Å². The van der Waals surface area contributed by atoms with Crippen LogP contribution in [0.15, 0.2) is 73.3 Å². The summed E-state index contributed by atoms with van der Waals surface area (Å²) in [6, 6.07) is 16.6. The molecule has 30 heavy (non-hydrogen) atoms. The highest BCUT2D eigenvalue weighted by atomic mass is 35.5. The molecule has 0 bridgehead atoms. The van der Waals surface area contributed by atoms with Gasteiger partial charge in [0.05, 0.1) is 6.42 Å². The molecule has 0 aliphatic rings. The predicted octanol–water partition coefficient (Wildman–Crippen LogP) is 4.55. The first-order valence-electron chi connectivity index (χ1n) is 9.31. The normalized spacial score (nSPS) is 10.6. The summed E-state index contributed by atoms with van der Waals surface area (Å²) in [5.74, 6) is 1.92. The van der Waals surface area contributed by atoms with Crippen molar-refractivity contribution in [1.29, 1.82) is 0 Å². The van der Waals surface area contributed by atoms with Crippen LogP contribution in [-0.2, 0) is 11.2 Å². The number of hydrogen-bond acceptors (Lipinski definition) is 5. The Hall–Kier alpha value is -3.71. The molecule has 4 rings (SSSR count). The van der Waals surface area contributed by atoms with Crippen molar-refractivity contribution in [2.75, 3.05) is 10.6 Å². The molecule has 2 heterocycles. The number of carbonyl (C=O) groups is 1. The van der Waals surface area contributed by atoms with Crippen molar-refractivity contribution < 1.29 is 4.79 Å². The third kappa shape index (κ3) is 4.82. The Morgan fingerprint density at radius 3 is 2.57 bits per heavy atom. The standard InChI is InChI=1S/C22H19ClN6O/c1-15-25-20(13-21(26-15)29-11-10-24-14-29)27-17-6-8-18(9-7-17)28-22(30)12-16-4-2-3-5-19(16)23/h2-11,13-14H,12H2,1H3,(H,28,30)(H,25,26,27). The molecule has 7 nitrogen and oxygen atoms in total. The summed E-state index contributed by atoms with van der Waals surface area (Å²) >= 11 is 6.12. The molecule has 8 heteroatoms. The lowest BCUT2D eigenvalue weighted by Gasteiger charge is -2.10. The van der Waals surface area contributed by atoms with E-state index in [0.717, 1.165) is 17.1 Å². The fourth-order valence-corrected chi connectivity index (χ4v) is 3.15. The van der Waals surface area contributed by atoms with Gasteiger partial charge in [0.1, 0.15) is 23.8 Å². The second-order valence-electron chi connectivity index (χ2n) is 6.65. The molecule has 1 amide bonds. The first kappa shape index (κ1) is 19.6. The number of hydrogen-bond donors (Lipinski definition) is 2. The fraction of sp³-hybridized carbons (Fsp3) is 0.0909. The Bertz CT molecular complexity index is 1160. The molecule has 150 valence electrons. The molecule has 4 aromatic rings. The molecule has 0 spiro atoms. The van der Waals surface area contributed by atoms with Gasteiger partial charge >= 0.3 is 0 Å². The van der Waals surface area contributed by atoms with E-state index in [0.29, 0.717) is 22.4 Å². The molecule has 0 saturated heterocycles. The van der Waals surface area contributed by atoms with Crippen LogP contribution in [0.5, 0.6) is 0 Å². The van der Waals surface area contributed by atoms with E-state index in [1.807, 2.05) is 66.2 Å². The van der Waals surface area contributed by atoms with Crippen LogP contribution in [0.25, 0.3) is 5.82 Å². The van der Waals surface area contributed by atoms with Crippen molar-refractivity contribution in [1.82, 2.24) is 19.5 Å². The summed E-state index contributed by atoms with van der Waals surface area (Å²) in [6.07, 6.45) is 5.43. The topological polar surface area (TPSA) is 84.7 Å². The minimum absolute atomic E-state index is 0.125. The number of imidazole rings is 1. The predicted molar refractivity (Wildman–Crippen MR) is 117 cm³/mol. The zero-order chi connectivity index (χ0) is 20.9. The number of carbonyl (C=O) groups excluding carboxylic acids is 1. The number of aromatic nitrogens is 4. The highest BCUT2D eigenvalue weighted by molar-refractivity contribution is 6.31. The third-order valence-corrected chi connectivity index (χ3v) is 4.71. The molecule has 0 saturated carbocycles. The van der Waals surface area contributed by atoms with Crippen LogP contribution in [0.4, 0.5) is 17.2 Å². The molecule has 2 aromatic heterocycles. The summed E-state index contributed by atoms with van der Waals surface area (Å²) in [4.78, 5) is 25.2. The molecule has 0 atom stereocenters. The van der Waals surface area contributed by atoms with E-state index >= 15 is 0 Å². The first-order valence-corrected chi connectivity index (χ1v) is 9.69. The second-order valence-corrected chi connectivity index (χ2v) is 7.05. The van der Waals surface area contributed by atoms with Crippen LogP contribution in [0.1, 0.15) is 11.4 Å². The molecule has 0 radical (unpaired) electrons. The third-order valence-electron chi connectivity index (χ3n) is 4.34. The number of anilines is 3. The van der Waals surface area contributed by atoms with E-state index in [1.165, 1.54) is 0 Å². The Kier molecular flexibility index (Phi) is 5.72. The van der Waals surface area contributed by atoms with Crippen molar-refractivity contribution in [2.24, 2.45) is 0 Å². The van der Waals surface area contributed by atoms with Gasteiger partial charge in [0.15, 0.2) is 0 Å². The van der Waals surface area contributed by atoms with Crippen LogP contribution < -0.4 is 10.6 Å². The number of aryl methyl sites for hydroxylation is 1. The highest BCUT2D eigenvalue weighted by Crippen LogP contribution is 2.20. The largest absolute Gasteiger partial charge is 0.340 e. The van der Waals surface area contributed by atoms with E-state index in [-0.39, 0.29) is 12.3 Å². The highest BCUT2D eigenvalue weighted by Gasteiger charge is 2.08. The van der Waals surface area contributed by atoms with Crippen LogP contribution in [0.2, 0.25) is 5.02 Å². The lowest BCUT2D eigenvalue weighted by atomic mass is 10.1. The van der Waals surface area contributed by atoms with Gasteiger partial charge in [-0.25, -0.2) is 15.0 Å². The summed E-state index contributed by atoms with van der Waals surface area (Å²) in [5.41, 5.74) is 2.34. The lowest BCUT2D eigenvalue weighted by molar-refractivity contribution is -0.115. The van der Waals surface area contributed by atoms with Gasteiger partial charge in [0.2, 0.25) is 5.91 Å². The molecule has 0 aliphatic carbocycles. The van der Waals surface area contributed by atoms with Crippen LogP contribution in [0.3, 0.4) is 0 Å². The van der Waals surface area contributed by atoms with Gasteiger partial charge in [0, 0.05) is 34.9 Å². The minimum Gasteiger partial charge on any atom is -0.340 e. The number of nitrogens with zero attached hydrogens (tertiary/aromatic N) is 4. The smallest absolute Gasteiger partial charge is 0.228 e.